The first-order valence-corrected chi connectivity index (χ1v) is 9.39. The van der Waals surface area contributed by atoms with Gasteiger partial charge in [-0.2, -0.15) is 0 Å². The smallest absolute Gasteiger partial charge is 0.410 e. The van der Waals surface area contributed by atoms with Crippen molar-refractivity contribution in [2.75, 3.05) is 6.79 Å². The van der Waals surface area contributed by atoms with E-state index in [0.717, 1.165) is 25.7 Å². The lowest BCUT2D eigenvalue weighted by molar-refractivity contribution is -0.155. The van der Waals surface area contributed by atoms with Crippen molar-refractivity contribution in [2.24, 2.45) is 17.3 Å². The summed E-state index contributed by atoms with van der Waals surface area (Å²) in [6, 6.07) is 0. The molecule has 0 radical (unpaired) electrons. The molecule has 2 fully saturated rings. The van der Waals surface area contributed by atoms with Crippen LogP contribution in [-0.4, -0.2) is 24.4 Å². The van der Waals surface area contributed by atoms with Gasteiger partial charge in [-0.1, -0.05) is 47.0 Å². The number of ether oxygens (including phenoxy) is 2. The van der Waals surface area contributed by atoms with Crippen molar-refractivity contribution in [2.45, 2.75) is 84.6 Å². The van der Waals surface area contributed by atoms with Gasteiger partial charge in [0.2, 0.25) is 6.79 Å². The molecule has 2 aliphatic rings. The number of fused-ring (bicyclic) bond motifs is 2. The van der Waals surface area contributed by atoms with Crippen LogP contribution in [-0.2, 0) is 14.3 Å². The van der Waals surface area contributed by atoms with E-state index in [4.69, 9.17) is 9.47 Å². The molecule has 5 heteroatoms. The number of carbonyl (C=O) groups excluding carboxylic acids is 2. The Kier molecular flexibility index (Phi) is 6.16. The first kappa shape index (κ1) is 19.1. The van der Waals surface area contributed by atoms with Gasteiger partial charge in [-0.05, 0) is 43.4 Å². The number of carbonyl (C=O) groups is 2. The first-order valence-electron chi connectivity index (χ1n) is 9.39. The van der Waals surface area contributed by atoms with Gasteiger partial charge in [0.1, 0.15) is 0 Å². The highest BCUT2D eigenvalue weighted by atomic mass is 16.7. The summed E-state index contributed by atoms with van der Waals surface area (Å²) < 4.78 is 10.0. The van der Waals surface area contributed by atoms with Crippen molar-refractivity contribution in [3.63, 3.8) is 0 Å². The van der Waals surface area contributed by atoms with Crippen LogP contribution in [0, 0.1) is 17.3 Å². The Labute approximate surface area is 145 Å². The van der Waals surface area contributed by atoms with E-state index in [1.54, 1.807) is 13.8 Å². The summed E-state index contributed by atoms with van der Waals surface area (Å²) in [6.45, 7) is 7.78. The van der Waals surface area contributed by atoms with Gasteiger partial charge in [-0.15, -0.1) is 0 Å². The third-order valence-electron chi connectivity index (χ3n) is 5.59. The average Bonchev–Trinajstić information content (AvgIpc) is 2.45. The summed E-state index contributed by atoms with van der Waals surface area (Å²) in [5.74, 6) is 0.0995. The largest absolute Gasteiger partial charge is 0.428 e. The van der Waals surface area contributed by atoms with E-state index < -0.39 is 6.09 Å². The summed E-state index contributed by atoms with van der Waals surface area (Å²) in [6.07, 6.45) is 8.70. The molecule has 2 rings (SSSR count). The molecule has 3 unspecified atom stereocenters. The molecule has 2 bridgehead atoms. The minimum absolute atomic E-state index is 0.149. The second-order valence-corrected chi connectivity index (χ2v) is 8.48. The summed E-state index contributed by atoms with van der Waals surface area (Å²) in [5.41, 5.74) is 0.179. The van der Waals surface area contributed by atoms with E-state index >= 15 is 0 Å². The predicted molar refractivity (Wildman–Crippen MR) is 92.4 cm³/mol. The molecule has 24 heavy (non-hydrogen) atoms. The maximum Gasteiger partial charge on any atom is 0.410 e. The first-order chi connectivity index (χ1) is 11.3. The Balaban J connectivity index is 1.91. The van der Waals surface area contributed by atoms with Crippen LogP contribution in [0.15, 0.2) is 0 Å². The minimum Gasteiger partial charge on any atom is -0.428 e. The fourth-order valence-corrected chi connectivity index (χ4v) is 4.85. The zero-order valence-electron chi connectivity index (χ0n) is 15.7. The van der Waals surface area contributed by atoms with Crippen molar-refractivity contribution in [3.05, 3.63) is 0 Å². The standard InChI is InChI=1S/C19H33NO4/c1-5-7-15-10-18(4)8-6-9-19(11-15,12-18)20-17(22)24-13-23-16(21)14(2)3/h14-15H,5-13H2,1-4H3,(H,20,22). The summed E-state index contributed by atoms with van der Waals surface area (Å²) in [5, 5.41) is 3.13. The Morgan fingerprint density at radius 3 is 2.62 bits per heavy atom. The van der Waals surface area contributed by atoms with Gasteiger partial charge in [0, 0.05) is 5.54 Å². The van der Waals surface area contributed by atoms with Gasteiger partial charge in [0.15, 0.2) is 0 Å². The summed E-state index contributed by atoms with van der Waals surface area (Å²) in [4.78, 5) is 23.6. The number of esters is 1. The van der Waals surface area contributed by atoms with E-state index in [9.17, 15) is 9.59 Å². The molecule has 0 aromatic heterocycles. The molecule has 2 aliphatic carbocycles. The number of alkyl carbamates (subject to hydrolysis) is 1. The Bertz CT molecular complexity index is 464. The minimum atomic E-state index is -0.465. The quantitative estimate of drug-likeness (QED) is 0.575. The number of rotatable bonds is 6. The van der Waals surface area contributed by atoms with Gasteiger partial charge in [0.05, 0.1) is 5.92 Å². The van der Waals surface area contributed by atoms with Gasteiger partial charge in [-0.3, -0.25) is 4.79 Å². The molecule has 0 saturated heterocycles. The van der Waals surface area contributed by atoms with Crippen molar-refractivity contribution in [1.82, 2.24) is 5.32 Å². The highest BCUT2D eigenvalue weighted by Gasteiger charge is 2.49. The van der Waals surface area contributed by atoms with Crippen LogP contribution >= 0.6 is 0 Å². The van der Waals surface area contributed by atoms with Crippen molar-refractivity contribution in [1.29, 1.82) is 0 Å². The third kappa shape index (κ3) is 4.87. The van der Waals surface area contributed by atoms with E-state index in [2.05, 4.69) is 19.2 Å². The van der Waals surface area contributed by atoms with Crippen LogP contribution in [0.5, 0.6) is 0 Å². The van der Waals surface area contributed by atoms with Gasteiger partial charge in [-0.25, -0.2) is 4.79 Å². The molecule has 2 saturated carbocycles. The Morgan fingerprint density at radius 1 is 1.21 bits per heavy atom. The lowest BCUT2D eigenvalue weighted by atomic mass is 9.56. The van der Waals surface area contributed by atoms with E-state index in [0.29, 0.717) is 11.3 Å². The molecule has 1 N–H and O–H groups in total. The maximum atomic E-state index is 12.2. The van der Waals surface area contributed by atoms with E-state index in [1.165, 1.54) is 25.7 Å². The van der Waals surface area contributed by atoms with Gasteiger partial charge in [0.25, 0.3) is 0 Å². The zero-order chi connectivity index (χ0) is 17.8. The number of nitrogens with one attached hydrogen (secondary N) is 1. The van der Waals surface area contributed by atoms with Crippen molar-refractivity contribution >= 4 is 12.1 Å². The van der Waals surface area contributed by atoms with Crippen LogP contribution in [0.2, 0.25) is 0 Å². The Morgan fingerprint density at radius 2 is 1.96 bits per heavy atom. The topological polar surface area (TPSA) is 64.6 Å². The highest BCUT2D eigenvalue weighted by molar-refractivity contribution is 5.72. The number of amides is 1. The highest BCUT2D eigenvalue weighted by Crippen LogP contribution is 2.53. The van der Waals surface area contributed by atoms with E-state index in [-0.39, 0.29) is 24.2 Å². The number of hydrogen-bond donors (Lipinski definition) is 1. The third-order valence-corrected chi connectivity index (χ3v) is 5.59. The van der Waals surface area contributed by atoms with Gasteiger partial charge >= 0.3 is 12.1 Å². The summed E-state index contributed by atoms with van der Waals surface area (Å²) in [7, 11) is 0. The predicted octanol–water partition coefficient (Wildman–Crippen LogP) is 4.40. The Hall–Kier alpha value is -1.26. The van der Waals surface area contributed by atoms with Crippen LogP contribution in [0.25, 0.3) is 0 Å². The second-order valence-electron chi connectivity index (χ2n) is 8.48. The summed E-state index contributed by atoms with van der Waals surface area (Å²) >= 11 is 0. The normalized spacial score (nSPS) is 32.3. The van der Waals surface area contributed by atoms with Crippen molar-refractivity contribution < 1.29 is 19.1 Å². The molecule has 0 spiro atoms. The van der Waals surface area contributed by atoms with Crippen LogP contribution in [0.1, 0.15) is 79.1 Å². The lowest BCUT2D eigenvalue weighted by Gasteiger charge is -2.53. The maximum absolute atomic E-state index is 12.2. The molecular formula is C19H33NO4. The molecule has 5 nitrogen and oxygen atoms in total. The molecular weight excluding hydrogens is 306 g/mol. The number of hydrogen-bond acceptors (Lipinski definition) is 4. The van der Waals surface area contributed by atoms with Crippen LogP contribution < -0.4 is 5.32 Å². The molecule has 1 amide bonds. The lowest BCUT2D eigenvalue weighted by Crippen LogP contribution is -2.57. The molecule has 0 aromatic carbocycles. The second kappa shape index (κ2) is 7.75. The molecule has 0 heterocycles. The molecule has 0 aromatic rings. The van der Waals surface area contributed by atoms with Crippen LogP contribution in [0.4, 0.5) is 4.79 Å². The van der Waals surface area contributed by atoms with E-state index in [1.807, 2.05) is 0 Å². The van der Waals surface area contributed by atoms with Crippen molar-refractivity contribution in [3.8, 4) is 0 Å². The molecule has 3 atom stereocenters. The van der Waals surface area contributed by atoms with Crippen LogP contribution in [0.3, 0.4) is 0 Å². The zero-order valence-corrected chi connectivity index (χ0v) is 15.7. The molecule has 0 aliphatic heterocycles. The average molecular weight is 339 g/mol. The fourth-order valence-electron chi connectivity index (χ4n) is 4.85. The fraction of sp³-hybridized carbons (Fsp3) is 0.895. The SMILES string of the molecule is CCCC1CC2(C)CCCC(NC(=O)OCOC(=O)C(C)C)(C1)C2. The van der Waals surface area contributed by atoms with Gasteiger partial charge < -0.3 is 14.8 Å². The monoisotopic (exact) mass is 339 g/mol. The molecule has 138 valence electrons.